The number of aromatic nitrogens is 2. The normalized spacial score (nSPS) is 12.0. The topological polar surface area (TPSA) is 63.1 Å². The molecule has 0 aliphatic carbocycles. The highest BCUT2D eigenvalue weighted by molar-refractivity contribution is 5.68. The van der Waals surface area contributed by atoms with Gasteiger partial charge < -0.3 is 5.11 Å². The Labute approximate surface area is 105 Å². The van der Waals surface area contributed by atoms with Crippen LogP contribution in [0.5, 0.6) is 0 Å². The number of carboxylic acid groups (broad SMARTS) is 1. The second-order valence-electron chi connectivity index (χ2n) is 4.07. The molecule has 1 unspecified atom stereocenters. The van der Waals surface area contributed by atoms with Crippen molar-refractivity contribution in [2.75, 3.05) is 0 Å². The molecule has 0 amide bonds. The summed E-state index contributed by atoms with van der Waals surface area (Å²) in [4.78, 5) is 19.4. The highest BCUT2D eigenvalue weighted by Gasteiger charge is 2.17. The van der Waals surface area contributed by atoms with Gasteiger partial charge in [-0.2, -0.15) is 0 Å². The molecule has 4 nitrogen and oxygen atoms in total. The van der Waals surface area contributed by atoms with Gasteiger partial charge in [0.15, 0.2) is 0 Å². The van der Waals surface area contributed by atoms with Crippen LogP contribution >= 0.6 is 0 Å². The van der Waals surface area contributed by atoms with E-state index in [1.165, 1.54) is 0 Å². The Balaban J connectivity index is 2.18. The van der Waals surface area contributed by atoms with Crippen molar-refractivity contribution in [3.8, 4) is 0 Å². The van der Waals surface area contributed by atoms with Crippen molar-refractivity contribution in [1.82, 2.24) is 9.97 Å². The van der Waals surface area contributed by atoms with E-state index in [2.05, 4.69) is 9.97 Å². The second kappa shape index (κ2) is 5.91. The number of hydrogen-bond acceptors (Lipinski definition) is 3. The maximum Gasteiger partial charge on any atom is 0.304 e. The summed E-state index contributed by atoms with van der Waals surface area (Å²) in [5.74, 6) is -0.958. The highest BCUT2D eigenvalue weighted by Crippen LogP contribution is 2.21. The molecule has 0 aromatic carbocycles. The standard InChI is InChI=1S/C14H14N2O2/c17-14(18)10-11(13-6-2-4-8-16-13)9-12-5-1-3-7-15-12/h1-8,11H,9-10H2,(H,17,18). The van der Waals surface area contributed by atoms with Crippen molar-refractivity contribution < 1.29 is 9.90 Å². The Bertz CT molecular complexity index is 500. The molecule has 2 heterocycles. The first-order chi connectivity index (χ1) is 8.75. The zero-order chi connectivity index (χ0) is 12.8. The van der Waals surface area contributed by atoms with Gasteiger partial charge in [-0.3, -0.25) is 14.8 Å². The van der Waals surface area contributed by atoms with Crippen molar-refractivity contribution >= 4 is 5.97 Å². The predicted molar refractivity (Wildman–Crippen MR) is 67.2 cm³/mol. The Hall–Kier alpha value is -2.23. The Kier molecular flexibility index (Phi) is 4.02. The van der Waals surface area contributed by atoms with Crippen molar-refractivity contribution in [1.29, 1.82) is 0 Å². The van der Waals surface area contributed by atoms with Gasteiger partial charge in [0.1, 0.15) is 0 Å². The van der Waals surface area contributed by atoms with Gasteiger partial charge >= 0.3 is 5.97 Å². The first kappa shape index (κ1) is 12.2. The smallest absolute Gasteiger partial charge is 0.304 e. The summed E-state index contributed by atoms with van der Waals surface area (Å²) in [6.45, 7) is 0. The third-order valence-electron chi connectivity index (χ3n) is 2.71. The van der Waals surface area contributed by atoms with Crippen LogP contribution in [-0.4, -0.2) is 21.0 Å². The molecule has 0 saturated heterocycles. The van der Waals surface area contributed by atoms with E-state index >= 15 is 0 Å². The lowest BCUT2D eigenvalue weighted by Gasteiger charge is -2.13. The first-order valence-electron chi connectivity index (χ1n) is 5.78. The lowest BCUT2D eigenvalue weighted by Crippen LogP contribution is -2.11. The zero-order valence-electron chi connectivity index (χ0n) is 9.86. The van der Waals surface area contributed by atoms with Crippen LogP contribution in [0, 0.1) is 0 Å². The molecule has 4 heteroatoms. The van der Waals surface area contributed by atoms with Gasteiger partial charge in [-0.25, -0.2) is 0 Å². The minimum atomic E-state index is -0.818. The van der Waals surface area contributed by atoms with E-state index in [0.717, 1.165) is 11.4 Å². The van der Waals surface area contributed by atoms with Crippen LogP contribution in [0.1, 0.15) is 23.7 Å². The van der Waals surface area contributed by atoms with Gasteiger partial charge in [0.2, 0.25) is 0 Å². The maximum absolute atomic E-state index is 10.9. The van der Waals surface area contributed by atoms with E-state index in [4.69, 9.17) is 5.11 Å². The van der Waals surface area contributed by atoms with Crippen LogP contribution < -0.4 is 0 Å². The fourth-order valence-electron chi connectivity index (χ4n) is 1.88. The van der Waals surface area contributed by atoms with Crippen LogP contribution in [0.2, 0.25) is 0 Å². The van der Waals surface area contributed by atoms with Crippen molar-refractivity contribution in [3.05, 3.63) is 60.2 Å². The molecule has 0 bridgehead atoms. The van der Waals surface area contributed by atoms with E-state index in [9.17, 15) is 4.79 Å². The Morgan fingerprint density at radius 2 is 1.83 bits per heavy atom. The van der Waals surface area contributed by atoms with Crippen molar-refractivity contribution in [3.63, 3.8) is 0 Å². The first-order valence-corrected chi connectivity index (χ1v) is 5.78. The summed E-state index contributed by atoms with van der Waals surface area (Å²) in [6, 6.07) is 11.2. The number of hydrogen-bond donors (Lipinski definition) is 1. The van der Waals surface area contributed by atoms with E-state index in [-0.39, 0.29) is 12.3 Å². The molecule has 2 aromatic rings. The fourth-order valence-corrected chi connectivity index (χ4v) is 1.88. The molecular formula is C14H14N2O2. The number of rotatable bonds is 5. The molecule has 0 spiro atoms. The van der Waals surface area contributed by atoms with E-state index in [1.54, 1.807) is 12.4 Å². The predicted octanol–water partition coefficient (Wildman–Crippen LogP) is 2.28. The minimum Gasteiger partial charge on any atom is -0.481 e. The zero-order valence-corrected chi connectivity index (χ0v) is 9.86. The lowest BCUT2D eigenvalue weighted by molar-refractivity contribution is -0.137. The van der Waals surface area contributed by atoms with Crippen molar-refractivity contribution in [2.45, 2.75) is 18.8 Å². The Morgan fingerprint density at radius 3 is 2.39 bits per heavy atom. The van der Waals surface area contributed by atoms with Crippen LogP contribution in [-0.2, 0) is 11.2 Å². The summed E-state index contributed by atoms with van der Waals surface area (Å²) in [5, 5.41) is 8.98. The second-order valence-corrected chi connectivity index (χ2v) is 4.07. The average molecular weight is 242 g/mol. The van der Waals surface area contributed by atoms with Gasteiger partial charge in [-0.05, 0) is 30.7 Å². The molecule has 0 aliphatic heterocycles. The number of carbonyl (C=O) groups is 1. The molecule has 92 valence electrons. The summed E-state index contributed by atoms with van der Waals surface area (Å²) >= 11 is 0. The maximum atomic E-state index is 10.9. The van der Waals surface area contributed by atoms with E-state index in [1.807, 2.05) is 36.4 Å². The molecule has 0 saturated carbocycles. The molecule has 0 aliphatic rings. The van der Waals surface area contributed by atoms with Gasteiger partial charge in [-0.1, -0.05) is 12.1 Å². The summed E-state index contributed by atoms with van der Waals surface area (Å²) in [7, 11) is 0. The molecule has 0 fully saturated rings. The van der Waals surface area contributed by atoms with Crippen LogP contribution in [0.15, 0.2) is 48.8 Å². The molecule has 18 heavy (non-hydrogen) atoms. The Morgan fingerprint density at radius 1 is 1.11 bits per heavy atom. The largest absolute Gasteiger partial charge is 0.481 e. The number of carboxylic acids is 1. The highest BCUT2D eigenvalue weighted by atomic mass is 16.4. The van der Waals surface area contributed by atoms with Crippen LogP contribution in [0.25, 0.3) is 0 Å². The third-order valence-corrected chi connectivity index (χ3v) is 2.71. The summed E-state index contributed by atoms with van der Waals surface area (Å²) in [5.41, 5.74) is 1.68. The number of pyridine rings is 2. The van der Waals surface area contributed by atoms with E-state index in [0.29, 0.717) is 6.42 Å². The molecule has 2 aromatic heterocycles. The van der Waals surface area contributed by atoms with Gasteiger partial charge in [0.25, 0.3) is 0 Å². The monoisotopic (exact) mass is 242 g/mol. The molecule has 1 N–H and O–H groups in total. The minimum absolute atomic E-state index is 0.0631. The molecule has 1 atom stereocenters. The van der Waals surface area contributed by atoms with E-state index < -0.39 is 5.97 Å². The SMILES string of the molecule is O=C(O)CC(Cc1ccccn1)c1ccccn1. The van der Waals surface area contributed by atoms with Gasteiger partial charge in [0, 0.05) is 29.7 Å². The van der Waals surface area contributed by atoms with Crippen LogP contribution in [0.4, 0.5) is 0 Å². The number of aliphatic carboxylic acids is 1. The average Bonchev–Trinajstić information content (AvgIpc) is 2.40. The molecule has 2 rings (SSSR count). The molecule has 0 radical (unpaired) electrons. The number of nitrogens with zero attached hydrogens (tertiary/aromatic N) is 2. The van der Waals surface area contributed by atoms with Crippen LogP contribution in [0.3, 0.4) is 0 Å². The van der Waals surface area contributed by atoms with Gasteiger partial charge in [0.05, 0.1) is 6.42 Å². The fraction of sp³-hybridized carbons (Fsp3) is 0.214. The van der Waals surface area contributed by atoms with Crippen molar-refractivity contribution in [2.24, 2.45) is 0 Å². The summed E-state index contributed by atoms with van der Waals surface area (Å²) in [6.07, 6.45) is 4.05. The summed E-state index contributed by atoms with van der Waals surface area (Å²) < 4.78 is 0. The lowest BCUT2D eigenvalue weighted by atomic mass is 9.95. The molecular weight excluding hydrogens is 228 g/mol. The van der Waals surface area contributed by atoms with Gasteiger partial charge in [-0.15, -0.1) is 0 Å². The quantitative estimate of drug-likeness (QED) is 0.873. The third kappa shape index (κ3) is 3.38.